The normalized spacial score (nSPS) is 15.8. The van der Waals surface area contributed by atoms with Crippen molar-refractivity contribution < 1.29 is 13.6 Å². The van der Waals surface area contributed by atoms with Crippen molar-refractivity contribution in [2.24, 2.45) is 0 Å². The molecule has 2 aromatic heterocycles. The zero-order valence-electron chi connectivity index (χ0n) is 15.9. The van der Waals surface area contributed by atoms with Crippen LogP contribution >= 0.6 is 27.3 Å². The number of aryl methyl sites for hydroxylation is 2. The molecule has 5 nitrogen and oxygen atoms in total. The van der Waals surface area contributed by atoms with Gasteiger partial charge in [0.25, 0.3) is 5.91 Å². The van der Waals surface area contributed by atoms with E-state index in [1.165, 1.54) is 28.4 Å². The largest absolute Gasteiger partial charge is 0.450 e. The lowest BCUT2D eigenvalue weighted by Gasteiger charge is -2.22. The van der Waals surface area contributed by atoms with E-state index in [2.05, 4.69) is 20.9 Å². The maximum Gasteiger partial charge on any atom is 0.297 e. The standard InChI is InChI=1S/C22H14BrFN2O3S/c1-10-11(2)30-22(25-10)26-18(12-4-3-5-14(24)8-12)17-19(27)15-9-13(23)6-7-16(15)29-20(17)21(26)28/h3-9,18H,1-2H3/t18-/m1/s1. The van der Waals surface area contributed by atoms with Gasteiger partial charge in [-0.1, -0.05) is 28.1 Å². The topological polar surface area (TPSA) is 63.4 Å². The lowest BCUT2D eigenvalue weighted by molar-refractivity contribution is 0.0971. The maximum atomic E-state index is 14.1. The molecule has 1 atom stereocenters. The first-order chi connectivity index (χ1) is 14.3. The van der Waals surface area contributed by atoms with Gasteiger partial charge >= 0.3 is 0 Å². The number of aromatic nitrogens is 1. The van der Waals surface area contributed by atoms with Crippen molar-refractivity contribution in [1.29, 1.82) is 0 Å². The third-order valence-corrected chi connectivity index (χ3v) is 6.79. The number of thiazole rings is 1. The van der Waals surface area contributed by atoms with Gasteiger partial charge in [0.2, 0.25) is 5.76 Å². The SMILES string of the molecule is Cc1nc(N2C(=O)c3oc4ccc(Br)cc4c(=O)c3[C@H]2c2cccc(F)c2)sc1C. The molecule has 0 N–H and O–H groups in total. The van der Waals surface area contributed by atoms with E-state index in [4.69, 9.17) is 4.42 Å². The Labute approximate surface area is 182 Å². The fraction of sp³-hybridized carbons (Fsp3) is 0.136. The number of fused-ring (bicyclic) bond motifs is 2. The summed E-state index contributed by atoms with van der Waals surface area (Å²) >= 11 is 4.72. The quantitative estimate of drug-likeness (QED) is 0.375. The first kappa shape index (κ1) is 19.1. The molecule has 3 heterocycles. The van der Waals surface area contributed by atoms with Crippen LogP contribution in [0.25, 0.3) is 11.0 Å². The molecular weight excluding hydrogens is 471 g/mol. The average molecular weight is 485 g/mol. The second-order valence-corrected chi connectivity index (χ2v) is 9.18. The molecule has 0 aliphatic carbocycles. The molecule has 0 fully saturated rings. The number of hydrogen-bond acceptors (Lipinski definition) is 5. The molecule has 2 aromatic carbocycles. The monoisotopic (exact) mass is 484 g/mol. The zero-order valence-corrected chi connectivity index (χ0v) is 18.3. The second-order valence-electron chi connectivity index (χ2n) is 7.09. The highest BCUT2D eigenvalue weighted by Crippen LogP contribution is 2.43. The Morgan fingerprint density at radius 3 is 2.67 bits per heavy atom. The van der Waals surface area contributed by atoms with E-state index in [0.29, 0.717) is 21.7 Å². The Kier molecular flexibility index (Phi) is 4.37. The Morgan fingerprint density at radius 1 is 1.17 bits per heavy atom. The number of nitrogens with zero attached hydrogens (tertiary/aromatic N) is 2. The summed E-state index contributed by atoms with van der Waals surface area (Å²) in [6, 6.07) is 10.1. The van der Waals surface area contributed by atoms with Crippen LogP contribution in [-0.4, -0.2) is 10.9 Å². The number of rotatable bonds is 2. The summed E-state index contributed by atoms with van der Waals surface area (Å²) in [5.74, 6) is -0.947. The molecule has 8 heteroatoms. The van der Waals surface area contributed by atoms with Crippen LogP contribution in [0.3, 0.4) is 0 Å². The smallest absolute Gasteiger partial charge is 0.297 e. The van der Waals surface area contributed by atoms with Crippen LogP contribution < -0.4 is 10.3 Å². The molecule has 1 aliphatic heterocycles. The summed E-state index contributed by atoms with van der Waals surface area (Å²) in [5.41, 5.74) is 1.48. The van der Waals surface area contributed by atoms with Gasteiger partial charge in [-0.25, -0.2) is 9.37 Å². The molecule has 30 heavy (non-hydrogen) atoms. The van der Waals surface area contributed by atoms with Crippen molar-refractivity contribution in [3.8, 4) is 0 Å². The van der Waals surface area contributed by atoms with E-state index in [1.807, 2.05) is 13.8 Å². The van der Waals surface area contributed by atoms with Crippen molar-refractivity contribution in [2.75, 3.05) is 4.90 Å². The first-order valence-corrected chi connectivity index (χ1v) is 10.8. The number of amides is 1. The number of benzene rings is 2. The fourth-order valence-electron chi connectivity index (χ4n) is 3.69. The molecule has 0 radical (unpaired) electrons. The molecule has 0 unspecified atom stereocenters. The summed E-state index contributed by atoms with van der Waals surface area (Å²) in [6.07, 6.45) is 0. The number of anilines is 1. The number of carbonyl (C=O) groups excluding carboxylic acids is 1. The van der Waals surface area contributed by atoms with Crippen LogP contribution in [-0.2, 0) is 0 Å². The summed E-state index contributed by atoms with van der Waals surface area (Å²) in [5, 5.41) is 0.797. The van der Waals surface area contributed by atoms with Crippen molar-refractivity contribution >= 4 is 49.3 Å². The van der Waals surface area contributed by atoms with Gasteiger partial charge in [0, 0.05) is 9.35 Å². The highest BCUT2D eigenvalue weighted by molar-refractivity contribution is 9.10. The van der Waals surface area contributed by atoms with E-state index in [1.54, 1.807) is 30.3 Å². The number of carbonyl (C=O) groups is 1. The summed E-state index contributed by atoms with van der Waals surface area (Å²) in [4.78, 5) is 33.8. The third-order valence-electron chi connectivity index (χ3n) is 5.22. The molecule has 0 saturated heterocycles. The maximum absolute atomic E-state index is 14.1. The van der Waals surface area contributed by atoms with E-state index in [0.717, 1.165) is 15.0 Å². The molecule has 0 bridgehead atoms. The minimum absolute atomic E-state index is 0.0328. The van der Waals surface area contributed by atoms with Gasteiger partial charge in [-0.05, 0) is 49.7 Å². The molecule has 5 rings (SSSR count). The van der Waals surface area contributed by atoms with Crippen molar-refractivity contribution in [2.45, 2.75) is 19.9 Å². The van der Waals surface area contributed by atoms with Crippen LogP contribution in [0.15, 0.2) is 56.1 Å². The first-order valence-electron chi connectivity index (χ1n) is 9.14. The van der Waals surface area contributed by atoms with E-state index < -0.39 is 17.8 Å². The van der Waals surface area contributed by atoms with Crippen molar-refractivity contribution in [3.05, 3.63) is 90.4 Å². The van der Waals surface area contributed by atoms with E-state index in [9.17, 15) is 14.0 Å². The molecule has 0 spiro atoms. The summed E-state index contributed by atoms with van der Waals surface area (Å²) in [6.45, 7) is 3.77. The third kappa shape index (κ3) is 2.82. The molecule has 1 amide bonds. The van der Waals surface area contributed by atoms with Crippen LogP contribution in [0.1, 0.15) is 38.3 Å². The Morgan fingerprint density at radius 2 is 1.97 bits per heavy atom. The van der Waals surface area contributed by atoms with Crippen LogP contribution in [0, 0.1) is 19.7 Å². The summed E-state index contributed by atoms with van der Waals surface area (Å²) < 4.78 is 20.7. The Balaban J connectivity index is 1.84. The van der Waals surface area contributed by atoms with Gasteiger partial charge in [0.15, 0.2) is 10.6 Å². The van der Waals surface area contributed by atoms with Gasteiger partial charge in [-0.2, -0.15) is 0 Å². The highest BCUT2D eigenvalue weighted by Gasteiger charge is 2.45. The van der Waals surface area contributed by atoms with Gasteiger partial charge in [-0.3, -0.25) is 14.5 Å². The molecule has 4 aromatic rings. The van der Waals surface area contributed by atoms with Crippen LogP contribution in [0.4, 0.5) is 9.52 Å². The average Bonchev–Trinajstić information content (AvgIpc) is 3.19. The predicted octanol–water partition coefficient (Wildman–Crippen LogP) is 5.52. The fourth-order valence-corrected chi connectivity index (χ4v) is 4.99. The van der Waals surface area contributed by atoms with Crippen LogP contribution in [0.5, 0.6) is 0 Å². The van der Waals surface area contributed by atoms with Gasteiger partial charge < -0.3 is 4.42 Å². The zero-order chi connectivity index (χ0) is 21.2. The van der Waals surface area contributed by atoms with Gasteiger partial charge in [0.05, 0.1) is 22.7 Å². The number of hydrogen-bond donors (Lipinski definition) is 0. The number of halogens is 2. The molecular formula is C22H14BrFN2O3S. The Bertz CT molecular complexity index is 1390. The molecule has 150 valence electrons. The van der Waals surface area contributed by atoms with Gasteiger partial charge in [-0.15, -0.1) is 11.3 Å². The lowest BCUT2D eigenvalue weighted by atomic mass is 9.98. The van der Waals surface area contributed by atoms with Crippen molar-refractivity contribution in [3.63, 3.8) is 0 Å². The lowest BCUT2D eigenvalue weighted by Crippen LogP contribution is -2.29. The molecule has 1 aliphatic rings. The van der Waals surface area contributed by atoms with E-state index in [-0.39, 0.29) is 16.8 Å². The van der Waals surface area contributed by atoms with Crippen LogP contribution in [0.2, 0.25) is 0 Å². The van der Waals surface area contributed by atoms with Gasteiger partial charge in [0.1, 0.15) is 11.4 Å². The second kappa shape index (κ2) is 6.85. The van der Waals surface area contributed by atoms with E-state index >= 15 is 0 Å². The van der Waals surface area contributed by atoms with Crippen molar-refractivity contribution in [1.82, 2.24) is 4.98 Å². The summed E-state index contributed by atoms with van der Waals surface area (Å²) in [7, 11) is 0. The Hall–Kier alpha value is -2.84. The highest BCUT2D eigenvalue weighted by atomic mass is 79.9. The predicted molar refractivity (Wildman–Crippen MR) is 117 cm³/mol. The molecule has 0 saturated carbocycles. The minimum Gasteiger partial charge on any atom is -0.450 e. The minimum atomic E-state index is -0.826.